The van der Waals surface area contributed by atoms with Crippen molar-refractivity contribution in [3.63, 3.8) is 0 Å². The maximum Gasteiger partial charge on any atom is 0.261 e. The van der Waals surface area contributed by atoms with E-state index in [4.69, 9.17) is 4.74 Å². The zero-order valence-corrected chi connectivity index (χ0v) is 9.68. The molecule has 5 heteroatoms. The summed E-state index contributed by atoms with van der Waals surface area (Å²) < 4.78 is 5.12. The molecule has 0 spiro atoms. The van der Waals surface area contributed by atoms with E-state index < -0.39 is 0 Å². The van der Waals surface area contributed by atoms with Crippen LogP contribution in [0.1, 0.15) is 10.4 Å². The van der Waals surface area contributed by atoms with Crippen LogP contribution in [0.3, 0.4) is 0 Å². The standard InChI is InChI=1S/C12H13N3O2/c1-15(12(16)9-7-13-14-8-9)10-4-3-5-11(6-10)17-2/h3-8H,1-2H3,(H,13,14). The van der Waals surface area contributed by atoms with Crippen molar-refractivity contribution in [2.45, 2.75) is 0 Å². The monoisotopic (exact) mass is 231 g/mol. The van der Waals surface area contributed by atoms with E-state index in [1.165, 1.54) is 6.20 Å². The summed E-state index contributed by atoms with van der Waals surface area (Å²) in [5, 5.41) is 6.37. The van der Waals surface area contributed by atoms with Gasteiger partial charge in [-0.15, -0.1) is 0 Å². The molecule has 0 atom stereocenters. The molecule has 2 rings (SSSR count). The molecule has 0 saturated heterocycles. The second kappa shape index (κ2) is 4.69. The van der Waals surface area contributed by atoms with Crippen molar-refractivity contribution >= 4 is 11.6 Å². The minimum Gasteiger partial charge on any atom is -0.497 e. The quantitative estimate of drug-likeness (QED) is 0.874. The third-order valence-electron chi connectivity index (χ3n) is 2.49. The van der Waals surface area contributed by atoms with Gasteiger partial charge in [0.05, 0.1) is 18.9 Å². The van der Waals surface area contributed by atoms with Crippen LogP contribution < -0.4 is 9.64 Å². The maximum atomic E-state index is 12.0. The number of nitrogens with zero attached hydrogens (tertiary/aromatic N) is 2. The molecule has 0 unspecified atom stereocenters. The van der Waals surface area contributed by atoms with Gasteiger partial charge in [0.2, 0.25) is 0 Å². The number of carbonyl (C=O) groups excluding carboxylic acids is 1. The van der Waals surface area contributed by atoms with Gasteiger partial charge in [-0.2, -0.15) is 5.10 Å². The minimum atomic E-state index is -0.119. The van der Waals surface area contributed by atoms with Crippen LogP contribution in [0.25, 0.3) is 0 Å². The number of ether oxygens (including phenoxy) is 1. The van der Waals surface area contributed by atoms with Gasteiger partial charge in [-0.25, -0.2) is 0 Å². The smallest absolute Gasteiger partial charge is 0.261 e. The van der Waals surface area contributed by atoms with Gasteiger partial charge >= 0.3 is 0 Å². The second-order valence-electron chi connectivity index (χ2n) is 3.55. The summed E-state index contributed by atoms with van der Waals surface area (Å²) in [6.07, 6.45) is 3.07. The van der Waals surface area contributed by atoms with E-state index in [0.29, 0.717) is 11.3 Å². The summed E-state index contributed by atoms with van der Waals surface area (Å²) >= 11 is 0. The molecule has 88 valence electrons. The lowest BCUT2D eigenvalue weighted by Crippen LogP contribution is -2.25. The number of anilines is 1. The molecule has 1 N–H and O–H groups in total. The zero-order valence-electron chi connectivity index (χ0n) is 9.68. The Kier molecular flexibility index (Phi) is 3.09. The molecule has 0 bridgehead atoms. The van der Waals surface area contributed by atoms with E-state index in [1.807, 2.05) is 18.2 Å². The highest BCUT2D eigenvalue weighted by molar-refractivity contribution is 6.05. The number of carbonyl (C=O) groups is 1. The molecule has 0 aliphatic rings. The molecule has 0 saturated carbocycles. The van der Waals surface area contributed by atoms with Crippen LogP contribution in [0, 0.1) is 0 Å². The van der Waals surface area contributed by atoms with Crippen LogP contribution in [-0.2, 0) is 0 Å². The average molecular weight is 231 g/mol. The summed E-state index contributed by atoms with van der Waals surface area (Å²) in [6, 6.07) is 7.32. The van der Waals surface area contributed by atoms with Gasteiger partial charge in [0.1, 0.15) is 5.75 Å². The number of aromatic nitrogens is 2. The first kappa shape index (κ1) is 11.2. The van der Waals surface area contributed by atoms with Gasteiger partial charge in [0, 0.05) is 25.0 Å². The van der Waals surface area contributed by atoms with Crippen LogP contribution >= 0.6 is 0 Å². The van der Waals surface area contributed by atoms with Gasteiger partial charge in [-0.1, -0.05) is 6.07 Å². The summed E-state index contributed by atoms with van der Waals surface area (Å²) in [7, 11) is 3.31. The van der Waals surface area contributed by atoms with Gasteiger partial charge in [0.25, 0.3) is 5.91 Å². The molecule has 1 heterocycles. The highest BCUT2D eigenvalue weighted by Crippen LogP contribution is 2.21. The Bertz CT molecular complexity index is 508. The molecule has 1 aromatic carbocycles. The van der Waals surface area contributed by atoms with Gasteiger partial charge in [0.15, 0.2) is 0 Å². The molecule has 0 radical (unpaired) electrons. The van der Waals surface area contributed by atoms with E-state index in [2.05, 4.69) is 10.2 Å². The lowest BCUT2D eigenvalue weighted by atomic mass is 10.2. The molecule has 0 aliphatic carbocycles. The molecule has 17 heavy (non-hydrogen) atoms. The fraction of sp³-hybridized carbons (Fsp3) is 0.167. The lowest BCUT2D eigenvalue weighted by Gasteiger charge is -2.16. The van der Waals surface area contributed by atoms with Crippen molar-refractivity contribution in [1.82, 2.24) is 10.2 Å². The van der Waals surface area contributed by atoms with Crippen LogP contribution in [0.15, 0.2) is 36.7 Å². The Hall–Kier alpha value is -2.30. The third kappa shape index (κ3) is 2.28. The molecule has 5 nitrogen and oxygen atoms in total. The number of benzene rings is 1. The number of H-pyrrole nitrogens is 1. The van der Waals surface area contributed by atoms with E-state index in [9.17, 15) is 4.79 Å². The van der Waals surface area contributed by atoms with Crippen LogP contribution in [-0.4, -0.2) is 30.3 Å². The second-order valence-corrected chi connectivity index (χ2v) is 3.55. The van der Waals surface area contributed by atoms with Crippen LogP contribution in [0.4, 0.5) is 5.69 Å². The van der Waals surface area contributed by atoms with Crippen molar-refractivity contribution in [1.29, 1.82) is 0 Å². The van der Waals surface area contributed by atoms with Crippen molar-refractivity contribution in [2.24, 2.45) is 0 Å². The predicted octanol–water partition coefficient (Wildman–Crippen LogP) is 1.69. The van der Waals surface area contributed by atoms with E-state index >= 15 is 0 Å². The topological polar surface area (TPSA) is 58.2 Å². The number of hydrogen-bond donors (Lipinski definition) is 1. The number of aromatic amines is 1. The van der Waals surface area contributed by atoms with E-state index in [1.54, 1.807) is 31.3 Å². The van der Waals surface area contributed by atoms with Crippen molar-refractivity contribution in [3.8, 4) is 5.75 Å². The number of rotatable bonds is 3. The Morgan fingerprint density at radius 2 is 2.29 bits per heavy atom. The third-order valence-corrected chi connectivity index (χ3v) is 2.49. The molecule has 1 amide bonds. The van der Waals surface area contributed by atoms with Gasteiger partial charge < -0.3 is 9.64 Å². The number of methoxy groups -OCH3 is 1. The van der Waals surface area contributed by atoms with E-state index in [0.717, 1.165) is 5.69 Å². The average Bonchev–Trinajstić information content (AvgIpc) is 2.91. The fourth-order valence-electron chi connectivity index (χ4n) is 1.50. The van der Waals surface area contributed by atoms with Gasteiger partial charge in [-0.05, 0) is 12.1 Å². The largest absolute Gasteiger partial charge is 0.497 e. The van der Waals surface area contributed by atoms with Crippen LogP contribution in [0.5, 0.6) is 5.75 Å². The number of amides is 1. The summed E-state index contributed by atoms with van der Waals surface area (Å²) in [4.78, 5) is 13.6. The fourth-order valence-corrected chi connectivity index (χ4v) is 1.50. The first-order valence-electron chi connectivity index (χ1n) is 5.13. The number of hydrogen-bond acceptors (Lipinski definition) is 3. The van der Waals surface area contributed by atoms with E-state index in [-0.39, 0.29) is 5.91 Å². The predicted molar refractivity (Wildman–Crippen MR) is 64.3 cm³/mol. The van der Waals surface area contributed by atoms with Crippen LogP contribution in [0.2, 0.25) is 0 Å². The SMILES string of the molecule is COc1cccc(N(C)C(=O)c2cn[nH]c2)c1. The summed E-state index contributed by atoms with van der Waals surface area (Å²) in [5.41, 5.74) is 1.30. The highest BCUT2D eigenvalue weighted by atomic mass is 16.5. The van der Waals surface area contributed by atoms with Crippen molar-refractivity contribution in [3.05, 3.63) is 42.2 Å². The summed E-state index contributed by atoms with van der Waals surface area (Å²) in [6.45, 7) is 0. The lowest BCUT2D eigenvalue weighted by molar-refractivity contribution is 0.0993. The first-order valence-corrected chi connectivity index (χ1v) is 5.13. The molecular weight excluding hydrogens is 218 g/mol. The maximum absolute atomic E-state index is 12.0. The minimum absolute atomic E-state index is 0.119. The Labute approximate surface area is 99.0 Å². The van der Waals surface area contributed by atoms with Crippen molar-refractivity contribution in [2.75, 3.05) is 19.1 Å². The van der Waals surface area contributed by atoms with Crippen molar-refractivity contribution < 1.29 is 9.53 Å². The molecule has 1 aromatic heterocycles. The summed E-state index contributed by atoms with van der Waals surface area (Å²) in [5.74, 6) is 0.598. The Morgan fingerprint density at radius 1 is 1.47 bits per heavy atom. The zero-order chi connectivity index (χ0) is 12.3. The number of nitrogens with one attached hydrogen (secondary N) is 1. The molecule has 2 aromatic rings. The van der Waals surface area contributed by atoms with Gasteiger partial charge in [-0.3, -0.25) is 9.89 Å². The Morgan fingerprint density at radius 3 is 2.94 bits per heavy atom. The first-order chi connectivity index (χ1) is 8.22. The normalized spacial score (nSPS) is 10.0. The molecule has 0 fully saturated rings. The highest BCUT2D eigenvalue weighted by Gasteiger charge is 2.14. The molecular formula is C12H13N3O2. The Balaban J connectivity index is 2.24. The molecule has 0 aliphatic heterocycles.